The molecule has 0 aliphatic carbocycles. The van der Waals surface area contributed by atoms with E-state index in [0.29, 0.717) is 40.6 Å². The van der Waals surface area contributed by atoms with Gasteiger partial charge in [0.05, 0.1) is 37.6 Å². The van der Waals surface area contributed by atoms with Gasteiger partial charge in [-0.1, -0.05) is 12.1 Å². The van der Waals surface area contributed by atoms with Crippen molar-refractivity contribution in [2.24, 2.45) is 0 Å². The molecule has 7 nitrogen and oxygen atoms in total. The summed E-state index contributed by atoms with van der Waals surface area (Å²) in [6.45, 7) is 4.40. The lowest BCUT2D eigenvalue weighted by atomic mass is 10.2. The first-order chi connectivity index (χ1) is 16.0. The minimum Gasteiger partial charge on any atom is -0.507 e. The third-order valence-electron chi connectivity index (χ3n) is 5.02. The maximum absolute atomic E-state index is 11.0. The van der Waals surface area contributed by atoms with Crippen LogP contribution in [0.15, 0.2) is 48.5 Å². The summed E-state index contributed by atoms with van der Waals surface area (Å²) in [5.74, 6) is 2.33. The Morgan fingerprint density at radius 3 is 2.03 bits per heavy atom. The maximum Gasteiger partial charge on any atom is 0.189 e. The van der Waals surface area contributed by atoms with Crippen molar-refractivity contribution in [2.45, 2.75) is 13.8 Å². The van der Waals surface area contributed by atoms with Crippen LogP contribution in [0.4, 0.5) is 5.69 Å². The SMILES string of the molecule is CCOCOc1c(N)cc(C)cc1P(c1c(O)cccc1OC)c1c(OC)cccc1OC. The van der Waals surface area contributed by atoms with Gasteiger partial charge in [0.1, 0.15) is 23.0 Å². The highest BCUT2D eigenvalue weighted by Gasteiger charge is 2.32. The van der Waals surface area contributed by atoms with Crippen LogP contribution in [0.3, 0.4) is 0 Å². The van der Waals surface area contributed by atoms with Gasteiger partial charge in [-0.05, 0) is 55.8 Å². The molecule has 0 bridgehead atoms. The van der Waals surface area contributed by atoms with Crippen molar-refractivity contribution < 1.29 is 28.8 Å². The Morgan fingerprint density at radius 1 is 0.879 bits per heavy atom. The molecule has 3 aromatic carbocycles. The number of nitrogen functional groups attached to an aromatic ring is 1. The fourth-order valence-corrected chi connectivity index (χ4v) is 6.49. The Hall–Kier alpha value is -3.15. The first kappa shape index (κ1) is 24.5. The van der Waals surface area contributed by atoms with Gasteiger partial charge in [0.2, 0.25) is 0 Å². The summed E-state index contributed by atoms with van der Waals surface area (Å²) in [4.78, 5) is 0. The molecule has 0 amide bonds. The quantitative estimate of drug-likeness (QED) is 0.203. The van der Waals surface area contributed by atoms with Gasteiger partial charge in [-0.3, -0.25) is 0 Å². The van der Waals surface area contributed by atoms with E-state index >= 15 is 0 Å². The number of phenols is 1. The standard InChI is InChI=1S/C25H30NO6P/c1-6-31-15-32-23-17(26)13-16(2)14-22(23)33(24-18(27)9-7-10-19(24)28-3)25-20(29-4)11-8-12-21(25)30-5/h7-14,27H,6,15,26H2,1-5H3. The van der Waals surface area contributed by atoms with Crippen molar-refractivity contribution in [2.75, 3.05) is 40.5 Å². The van der Waals surface area contributed by atoms with Crippen LogP contribution in [0.1, 0.15) is 12.5 Å². The number of rotatable bonds is 10. The molecular weight excluding hydrogens is 441 g/mol. The van der Waals surface area contributed by atoms with E-state index in [0.717, 1.165) is 16.2 Å². The third-order valence-corrected chi connectivity index (χ3v) is 7.62. The van der Waals surface area contributed by atoms with E-state index in [9.17, 15) is 5.11 Å². The van der Waals surface area contributed by atoms with Crippen LogP contribution in [0.25, 0.3) is 0 Å². The average molecular weight is 471 g/mol. The molecule has 0 spiro atoms. The van der Waals surface area contributed by atoms with Crippen LogP contribution in [-0.4, -0.2) is 39.8 Å². The summed E-state index contributed by atoms with van der Waals surface area (Å²) in [7, 11) is 3.27. The number of hydrogen-bond acceptors (Lipinski definition) is 7. The van der Waals surface area contributed by atoms with Gasteiger partial charge in [-0.15, -0.1) is 0 Å². The minimum atomic E-state index is -1.51. The second-order valence-corrected chi connectivity index (χ2v) is 9.18. The largest absolute Gasteiger partial charge is 0.507 e. The summed E-state index contributed by atoms with van der Waals surface area (Å²) in [5, 5.41) is 13.2. The van der Waals surface area contributed by atoms with Crippen molar-refractivity contribution in [3.63, 3.8) is 0 Å². The second kappa shape index (κ2) is 11.1. The van der Waals surface area contributed by atoms with Crippen molar-refractivity contribution in [3.05, 3.63) is 54.1 Å². The highest BCUT2D eigenvalue weighted by molar-refractivity contribution is 7.80. The fourth-order valence-electron chi connectivity index (χ4n) is 3.59. The molecule has 0 aromatic heterocycles. The zero-order chi connectivity index (χ0) is 24.0. The summed E-state index contributed by atoms with van der Waals surface area (Å²) >= 11 is 0. The zero-order valence-corrected chi connectivity index (χ0v) is 20.4. The average Bonchev–Trinajstić information content (AvgIpc) is 2.81. The van der Waals surface area contributed by atoms with Gasteiger partial charge in [-0.2, -0.15) is 0 Å². The molecule has 0 fully saturated rings. The third kappa shape index (κ3) is 5.10. The molecule has 33 heavy (non-hydrogen) atoms. The van der Waals surface area contributed by atoms with Crippen molar-refractivity contribution in [1.82, 2.24) is 0 Å². The molecule has 3 N–H and O–H groups in total. The predicted molar refractivity (Wildman–Crippen MR) is 133 cm³/mol. The monoisotopic (exact) mass is 471 g/mol. The summed E-state index contributed by atoms with van der Waals surface area (Å²) in [6.07, 6.45) is 0. The Labute approximate surface area is 195 Å². The van der Waals surface area contributed by atoms with E-state index in [1.54, 1.807) is 33.5 Å². The molecule has 1 atom stereocenters. The summed E-state index contributed by atoms with van der Waals surface area (Å²) in [6, 6.07) is 14.6. The topological polar surface area (TPSA) is 92.4 Å². The Morgan fingerprint density at radius 2 is 1.45 bits per heavy atom. The number of anilines is 1. The van der Waals surface area contributed by atoms with E-state index in [4.69, 9.17) is 29.4 Å². The van der Waals surface area contributed by atoms with Crippen molar-refractivity contribution in [1.29, 1.82) is 0 Å². The van der Waals surface area contributed by atoms with Crippen LogP contribution in [-0.2, 0) is 4.74 Å². The molecule has 3 rings (SSSR count). The minimum absolute atomic E-state index is 0.0426. The number of hydrogen-bond donors (Lipinski definition) is 2. The first-order valence-corrected chi connectivity index (χ1v) is 11.8. The van der Waals surface area contributed by atoms with E-state index in [1.165, 1.54) is 0 Å². The molecular formula is C25H30NO6P. The number of aromatic hydroxyl groups is 1. The molecule has 176 valence electrons. The Balaban J connectivity index is 2.42. The number of methoxy groups -OCH3 is 3. The lowest BCUT2D eigenvalue weighted by Gasteiger charge is -2.28. The molecule has 0 radical (unpaired) electrons. The molecule has 0 saturated heterocycles. The first-order valence-electron chi connectivity index (χ1n) is 10.4. The van der Waals surface area contributed by atoms with E-state index < -0.39 is 7.92 Å². The number of nitrogens with two attached hydrogens (primary N) is 1. The smallest absolute Gasteiger partial charge is 0.189 e. The highest BCUT2D eigenvalue weighted by Crippen LogP contribution is 2.48. The van der Waals surface area contributed by atoms with E-state index in [2.05, 4.69) is 0 Å². The van der Waals surface area contributed by atoms with Crippen molar-refractivity contribution >= 4 is 29.5 Å². The number of phenolic OH excluding ortho intramolecular Hbond substituents is 1. The fraction of sp³-hybridized carbons (Fsp3) is 0.280. The van der Waals surface area contributed by atoms with Crippen molar-refractivity contribution in [3.8, 4) is 28.7 Å². The molecule has 1 unspecified atom stereocenters. The van der Waals surface area contributed by atoms with Gasteiger partial charge in [0.15, 0.2) is 12.5 Å². The van der Waals surface area contributed by atoms with Gasteiger partial charge >= 0.3 is 0 Å². The van der Waals surface area contributed by atoms with E-state index in [-0.39, 0.29) is 12.5 Å². The lowest BCUT2D eigenvalue weighted by Crippen LogP contribution is -2.27. The normalized spacial score (nSPS) is 11.7. The summed E-state index contributed by atoms with van der Waals surface area (Å²) < 4.78 is 28.6. The Bertz CT molecular complexity index is 1080. The molecule has 0 aliphatic rings. The second-order valence-electron chi connectivity index (χ2n) is 7.13. The van der Waals surface area contributed by atoms with Crippen LogP contribution < -0.4 is 40.6 Å². The number of aryl methyl sites for hydroxylation is 1. The maximum atomic E-state index is 11.0. The molecule has 0 heterocycles. The van der Waals surface area contributed by atoms with Gasteiger partial charge in [-0.25, -0.2) is 0 Å². The Kier molecular flexibility index (Phi) is 8.26. The van der Waals surface area contributed by atoms with Crippen LogP contribution >= 0.6 is 7.92 Å². The van der Waals surface area contributed by atoms with Crippen LogP contribution in [0, 0.1) is 6.92 Å². The number of benzene rings is 3. The van der Waals surface area contributed by atoms with E-state index in [1.807, 2.05) is 50.2 Å². The molecule has 0 saturated carbocycles. The van der Waals surface area contributed by atoms with Gasteiger partial charge in [0, 0.05) is 19.8 Å². The zero-order valence-electron chi connectivity index (χ0n) is 19.5. The predicted octanol–water partition coefficient (Wildman–Crippen LogP) is 3.44. The highest BCUT2D eigenvalue weighted by atomic mass is 31.1. The molecule has 0 aliphatic heterocycles. The van der Waals surface area contributed by atoms with Crippen LogP contribution in [0.5, 0.6) is 28.7 Å². The number of ether oxygens (including phenoxy) is 5. The molecule has 8 heteroatoms. The summed E-state index contributed by atoms with van der Waals surface area (Å²) in [5.41, 5.74) is 7.84. The van der Waals surface area contributed by atoms with Gasteiger partial charge < -0.3 is 34.5 Å². The lowest BCUT2D eigenvalue weighted by molar-refractivity contribution is 0.0235. The van der Waals surface area contributed by atoms with Crippen LogP contribution in [0.2, 0.25) is 0 Å². The van der Waals surface area contributed by atoms with Gasteiger partial charge in [0.25, 0.3) is 0 Å². The molecule has 3 aromatic rings.